The van der Waals surface area contributed by atoms with Gasteiger partial charge in [-0.2, -0.15) is 0 Å². The largest absolute Gasteiger partial charge is 0.372 e. The fraction of sp³-hybridized carbons (Fsp3) is 0.714. The van der Waals surface area contributed by atoms with E-state index in [1.807, 2.05) is 7.05 Å². The van der Waals surface area contributed by atoms with E-state index in [-0.39, 0.29) is 0 Å². The summed E-state index contributed by atoms with van der Waals surface area (Å²) in [4.78, 5) is 8.63. The van der Waals surface area contributed by atoms with Crippen LogP contribution in [0.25, 0.3) is 0 Å². The summed E-state index contributed by atoms with van der Waals surface area (Å²) in [7, 11) is 1.86. The van der Waals surface area contributed by atoms with Crippen LogP contribution >= 0.6 is 0 Å². The van der Waals surface area contributed by atoms with Gasteiger partial charge in [0.2, 0.25) is 0 Å². The molecule has 1 heterocycles. The molecule has 0 unspecified atom stereocenters. The van der Waals surface area contributed by atoms with E-state index in [2.05, 4.69) is 27.5 Å². The lowest BCUT2D eigenvalue weighted by Gasteiger charge is -2.29. The van der Waals surface area contributed by atoms with Gasteiger partial charge in [0.15, 0.2) is 0 Å². The molecule has 100 valence electrons. The molecule has 0 radical (unpaired) electrons. The summed E-state index contributed by atoms with van der Waals surface area (Å²) in [5, 5.41) is 6.52. The summed E-state index contributed by atoms with van der Waals surface area (Å²) in [6.45, 7) is 2.28. The van der Waals surface area contributed by atoms with Crippen LogP contribution in [0.3, 0.4) is 0 Å². The first-order chi connectivity index (χ1) is 8.81. The summed E-state index contributed by atoms with van der Waals surface area (Å²) >= 11 is 0. The zero-order chi connectivity index (χ0) is 12.8. The van der Waals surface area contributed by atoms with Crippen molar-refractivity contribution in [2.75, 3.05) is 17.7 Å². The van der Waals surface area contributed by atoms with E-state index in [1.54, 1.807) is 12.4 Å². The van der Waals surface area contributed by atoms with Gasteiger partial charge in [-0.25, -0.2) is 4.98 Å². The topological polar surface area (TPSA) is 49.8 Å². The minimum absolute atomic E-state index is 0.569. The summed E-state index contributed by atoms with van der Waals surface area (Å²) in [6, 6.07) is 0.569. The van der Waals surface area contributed by atoms with E-state index >= 15 is 0 Å². The lowest BCUT2D eigenvalue weighted by molar-refractivity contribution is 0.318. The van der Waals surface area contributed by atoms with Crippen LogP contribution in [0.5, 0.6) is 0 Å². The SMILES string of the molecule is CCCC1CCC(Nc2cncc(NC)n2)CC1. The van der Waals surface area contributed by atoms with Crippen LogP contribution < -0.4 is 10.6 Å². The van der Waals surface area contributed by atoms with Gasteiger partial charge in [0.1, 0.15) is 11.6 Å². The van der Waals surface area contributed by atoms with Gasteiger partial charge in [0, 0.05) is 13.1 Å². The summed E-state index contributed by atoms with van der Waals surface area (Å²) < 4.78 is 0. The number of nitrogens with one attached hydrogen (secondary N) is 2. The Morgan fingerprint density at radius 3 is 2.56 bits per heavy atom. The molecule has 0 spiro atoms. The molecule has 0 amide bonds. The lowest BCUT2D eigenvalue weighted by atomic mass is 9.83. The molecular weight excluding hydrogens is 224 g/mol. The number of nitrogens with zero attached hydrogens (tertiary/aromatic N) is 2. The van der Waals surface area contributed by atoms with Gasteiger partial charge in [-0.1, -0.05) is 19.8 Å². The van der Waals surface area contributed by atoms with Gasteiger partial charge >= 0.3 is 0 Å². The average molecular weight is 248 g/mol. The zero-order valence-electron chi connectivity index (χ0n) is 11.4. The standard InChI is InChI=1S/C14H24N4/c1-3-4-11-5-7-12(8-6-11)17-14-10-16-9-13(15-2)18-14/h9-12H,3-8H2,1-2H3,(H2,15,17,18). The fourth-order valence-corrected chi connectivity index (χ4v) is 2.77. The Bertz CT molecular complexity index is 359. The Balaban J connectivity index is 1.83. The maximum absolute atomic E-state index is 4.46. The normalized spacial score (nSPS) is 23.7. The smallest absolute Gasteiger partial charge is 0.147 e. The van der Waals surface area contributed by atoms with Crippen molar-refractivity contribution in [1.82, 2.24) is 9.97 Å². The van der Waals surface area contributed by atoms with Crippen molar-refractivity contribution in [2.45, 2.75) is 51.5 Å². The zero-order valence-corrected chi connectivity index (χ0v) is 11.4. The third-order valence-corrected chi connectivity index (χ3v) is 3.79. The molecule has 0 atom stereocenters. The van der Waals surface area contributed by atoms with Crippen molar-refractivity contribution in [3.63, 3.8) is 0 Å². The second kappa shape index (κ2) is 6.57. The maximum atomic E-state index is 4.46. The van der Waals surface area contributed by atoms with Gasteiger partial charge < -0.3 is 10.6 Å². The van der Waals surface area contributed by atoms with Crippen molar-refractivity contribution in [2.24, 2.45) is 5.92 Å². The van der Waals surface area contributed by atoms with Gasteiger partial charge in [-0.15, -0.1) is 0 Å². The van der Waals surface area contributed by atoms with Crippen LogP contribution in [-0.4, -0.2) is 23.1 Å². The minimum atomic E-state index is 0.569. The molecule has 4 nitrogen and oxygen atoms in total. The molecule has 1 saturated carbocycles. The van der Waals surface area contributed by atoms with Gasteiger partial charge in [-0.3, -0.25) is 4.98 Å². The molecule has 0 saturated heterocycles. The van der Waals surface area contributed by atoms with Crippen LogP contribution in [0.2, 0.25) is 0 Å². The molecule has 2 N–H and O–H groups in total. The summed E-state index contributed by atoms with van der Waals surface area (Å²) in [6.07, 6.45) is 11.5. The molecular formula is C14H24N4. The molecule has 2 rings (SSSR count). The van der Waals surface area contributed by atoms with E-state index in [0.717, 1.165) is 17.6 Å². The highest BCUT2D eigenvalue weighted by Crippen LogP contribution is 2.29. The number of hydrogen-bond acceptors (Lipinski definition) is 4. The Morgan fingerprint density at radius 1 is 1.17 bits per heavy atom. The molecule has 1 fully saturated rings. The first-order valence-corrected chi connectivity index (χ1v) is 7.08. The number of rotatable bonds is 5. The molecule has 1 aromatic rings. The molecule has 1 aliphatic rings. The Morgan fingerprint density at radius 2 is 1.89 bits per heavy atom. The van der Waals surface area contributed by atoms with Crippen LogP contribution in [0.15, 0.2) is 12.4 Å². The number of hydrogen-bond donors (Lipinski definition) is 2. The van der Waals surface area contributed by atoms with Crippen molar-refractivity contribution in [3.8, 4) is 0 Å². The van der Waals surface area contributed by atoms with Crippen molar-refractivity contribution >= 4 is 11.6 Å². The highest BCUT2D eigenvalue weighted by atomic mass is 15.1. The van der Waals surface area contributed by atoms with E-state index in [9.17, 15) is 0 Å². The number of aromatic nitrogens is 2. The molecule has 1 aliphatic carbocycles. The third-order valence-electron chi connectivity index (χ3n) is 3.79. The van der Waals surface area contributed by atoms with Gasteiger partial charge in [-0.05, 0) is 31.6 Å². The highest BCUT2D eigenvalue weighted by molar-refractivity contribution is 5.41. The summed E-state index contributed by atoms with van der Waals surface area (Å²) in [5.41, 5.74) is 0. The average Bonchev–Trinajstić information content (AvgIpc) is 2.42. The second-order valence-corrected chi connectivity index (χ2v) is 5.19. The monoisotopic (exact) mass is 248 g/mol. The van der Waals surface area contributed by atoms with Crippen LogP contribution in [0, 0.1) is 5.92 Å². The lowest BCUT2D eigenvalue weighted by Crippen LogP contribution is -2.26. The Labute approximate surface area is 110 Å². The fourth-order valence-electron chi connectivity index (χ4n) is 2.77. The van der Waals surface area contributed by atoms with Crippen molar-refractivity contribution in [1.29, 1.82) is 0 Å². The first kappa shape index (κ1) is 13.1. The quantitative estimate of drug-likeness (QED) is 0.839. The van der Waals surface area contributed by atoms with E-state index < -0.39 is 0 Å². The first-order valence-electron chi connectivity index (χ1n) is 7.08. The Hall–Kier alpha value is -1.32. The van der Waals surface area contributed by atoms with Crippen molar-refractivity contribution in [3.05, 3.63) is 12.4 Å². The maximum Gasteiger partial charge on any atom is 0.147 e. The number of anilines is 2. The second-order valence-electron chi connectivity index (χ2n) is 5.19. The molecule has 0 aromatic carbocycles. The van der Waals surface area contributed by atoms with Gasteiger partial charge in [0.05, 0.1) is 12.4 Å². The molecule has 0 bridgehead atoms. The predicted molar refractivity (Wildman–Crippen MR) is 75.9 cm³/mol. The third kappa shape index (κ3) is 3.59. The van der Waals surface area contributed by atoms with E-state index in [1.165, 1.54) is 38.5 Å². The van der Waals surface area contributed by atoms with Crippen LogP contribution in [0.1, 0.15) is 45.4 Å². The van der Waals surface area contributed by atoms with Crippen LogP contribution in [-0.2, 0) is 0 Å². The summed E-state index contributed by atoms with van der Waals surface area (Å²) in [5.74, 6) is 2.66. The van der Waals surface area contributed by atoms with E-state index in [0.29, 0.717) is 6.04 Å². The molecule has 18 heavy (non-hydrogen) atoms. The minimum Gasteiger partial charge on any atom is -0.372 e. The van der Waals surface area contributed by atoms with E-state index in [4.69, 9.17) is 0 Å². The predicted octanol–water partition coefficient (Wildman–Crippen LogP) is 3.29. The van der Waals surface area contributed by atoms with Crippen LogP contribution in [0.4, 0.5) is 11.6 Å². The highest BCUT2D eigenvalue weighted by Gasteiger charge is 2.20. The molecule has 1 aromatic heterocycles. The van der Waals surface area contributed by atoms with Crippen molar-refractivity contribution < 1.29 is 0 Å². The molecule has 0 aliphatic heterocycles. The Kier molecular flexibility index (Phi) is 4.79. The van der Waals surface area contributed by atoms with Gasteiger partial charge in [0.25, 0.3) is 0 Å². The molecule has 4 heteroatoms.